The molecule has 5 nitrogen and oxygen atoms in total. The fourth-order valence-electron chi connectivity index (χ4n) is 3.70. The highest BCUT2D eigenvalue weighted by Crippen LogP contribution is 2.49. The summed E-state index contributed by atoms with van der Waals surface area (Å²) in [6.45, 7) is 0.920. The molecule has 0 N–H and O–H groups in total. The summed E-state index contributed by atoms with van der Waals surface area (Å²) in [5.41, 5.74) is 3.31. The van der Waals surface area contributed by atoms with Crippen LogP contribution in [0.5, 0.6) is 11.5 Å². The molecule has 0 radical (unpaired) electrons. The highest BCUT2D eigenvalue weighted by atomic mass is 16.7. The summed E-state index contributed by atoms with van der Waals surface area (Å²) in [6, 6.07) is 13.8. The normalized spacial score (nSPS) is 24.2. The molecule has 0 unspecified atom stereocenters. The summed E-state index contributed by atoms with van der Waals surface area (Å²) < 4.78 is 16.7. The van der Waals surface area contributed by atoms with Crippen molar-refractivity contribution in [1.29, 1.82) is 0 Å². The Balaban J connectivity index is 1.64. The fourth-order valence-corrected chi connectivity index (χ4v) is 3.70. The van der Waals surface area contributed by atoms with E-state index in [9.17, 15) is 4.79 Å². The Morgan fingerprint density at radius 1 is 1.04 bits per heavy atom. The third kappa shape index (κ3) is 1.82. The number of cyclic esters (lactones) is 1. The number of nitrogens with zero attached hydrogens (tertiary/aromatic N) is 1. The van der Waals surface area contributed by atoms with Crippen LogP contribution in [0.3, 0.4) is 0 Å². The number of carbonyl (C=O) groups excluding carboxylic acids is 1. The summed E-state index contributed by atoms with van der Waals surface area (Å²) in [5, 5.41) is 0. The lowest BCUT2D eigenvalue weighted by atomic mass is 9.87. The van der Waals surface area contributed by atoms with Crippen molar-refractivity contribution < 1.29 is 19.0 Å². The van der Waals surface area contributed by atoms with Gasteiger partial charge >= 0.3 is 6.09 Å². The number of rotatable bonds is 1. The second kappa shape index (κ2) is 4.65. The Hall–Kier alpha value is -2.69. The molecule has 0 aromatic heterocycles. The lowest BCUT2D eigenvalue weighted by Gasteiger charge is -2.31. The fraction of sp³-hybridized carbons (Fsp3) is 0.278. The molecule has 2 atom stereocenters. The van der Waals surface area contributed by atoms with Crippen molar-refractivity contribution in [3.63, 3.8) is 0 Å². The zero-order valence-electron chi connectivity index (χ0n) is 12.4. The highest BCUT2D eigenvalue weighted by Gasteiger charge is 2.46. The predicted octanol–water partition coefficient (Wildman–Crippen LogP) is 3.21. The van der Waals surface area contributed by atoms with Gasteiger partial charge in [0.1, 0.15) is 6.04 Å². The average molecular weight is 309 g/mol. The van der Waals surface area contributed by atoms with E-state index in [0.717, 1.165) is 29.0 Å². The first-order valence-corrected chi connectivity index (χ1v) is 7.76. The van der Waals surface area contributed by atoms with Crippen LogP contribution in [0.2, 0.25) is 0 Å². The van der Waals surface area contributed by atoms with Crippen molar-refractivity contribution >= 4 is 6.09 Å². The SMILES string of the molecule is O=C1O[C@@H](c2ccccc2)[C@@H]2c3cc4c(cc3CCN12)OCO4. The van der Waals surface area contributed by atoms with E-state index in [0.29, 0.717) is 6.54 Å². The molecule has 0 bridgehead atoms. The van der Waals surface area contributed by atoms with Crippen molar-refractivity contribution in [3.05, 3.63) is 59.2 Å². The maximum Gasteiger partial charge on any atom is 0.411 e. The van der Waals surface area contributed by atoms with Gasteiger partial charge < -0.3 is 14.2 Å². The number of fused-ring (bicyclic) bond motifs is 4. The Kier molecular flexibility index (Phi) is 2.59. The van der Waals surface area contributed by atoms with Crippen molar-refractivity contribution in [1.82, 2.24) is 4.90 Å². The molecule has 5 rings (SSSR count). The molecule has 1 fully saturated rings. The van der Waals surface area contributed by atoms with Crippen molar-refractivity contribution in [2.75, 3.05) is 13.3 Å². The Labute approximate surface area is 133 Å². The van der Waals surface area contributed by atoms with Gasteiger partial charge in [-0.3, -0.25) is 4.90 Å². The zero-order chi connectivity index (χ0) is 15.4. The predicted molar refractivity (Wildman–Crippen MR) is 81.4 cm³/mol. The molecule has 0 saturated carbocycles. The molecule has 1 saturated heterocycles. The average Bonchev–Trinajstić information content (AvgIpc) is 3.17. The minimum absolute atomic E-state index is 0.108. The van der Waals surface area contributed by atoms with E-state index in [1.807, 2.05) is 47.4 Å². The van der Waals surface area contributed by atoms with Crippen LogP contribution in [-0.4, -0.2) is 24.3 Å². The van der Waals surface area contributed by atoms with Gasteiger partial charge in [0.15, 0.2) is 17.6 Å². The van der Waals surface area contributed by atoms with Gasteiger partial charge in [0.05, 0.1) is 0 Å². The van der Waals surface area contributed by atoms with E-state index >= 15 is 0 Å². The molecule has 5 heteroatoms. The Morgan fingerprint density at radius 3 is 2.65 bits per heavy atom. The van der Waals surface area contributed by atoms with Crippen LogP contribution in [0.15, 0.2) is 42.5 Å². The summed E-state index contributed by atoms with van der Waals surface area (Å²) in [7, 11) is 0. The number of hydrogen-bond donors (Lipinski definition) is 0. The van der Waals surface area contributed by atoms with Crippen LogP contribution < -0.4 is 9.47 Å². The first kappa shape index (κ1) is 12.8. The first-order chi connectivity index (χ1) is 11.3. The van der Waals surface area contributed by atoms with Gasteiger partial charge in [-0.15, -0.1) is 0 Å². The molecule has 3 heterocycles. The van der Waals surface area contributed by atoms with Crippen LogP contribution in [0.4, 0.5) is 4.79 Å². The molecular weight excluding hydrogens is 294 g/mol. The number of hydrogen-bond acceptors (Lipinski definition) is 4. The van der Waals surface area contributed by atoms with Gasteiger partial charge in [-0.1, -0.05) is 30.3 Å². The summed E-state index contributed by atoms with van der Waals surface area (Å²) in [6.07, 6.45) is 0.273. The van der Waals surface area contributed by atoms with Crippen molar-refractivity contribution in [2.45, 2.75) is 18.6 Å². The Bertz CT molecular complexity index is 789. The molecule has 116 valence electrons. The van der Waals surface area contributed by atoms with Gasteiger partial charge in [-0.2, -0.15) is 0 Å². The zero-order valence-corrected chi connectivity index (χ0v) is 12.4. The minimum Gasteiger partial charge on any atom is -0.454 e. The largest absolute Gasteiger partial charge is 0.454 e. The molecule has 0 aliphatic carbocycles. The van der Waals surface area contributed by atoms with E-state index in [1.54, 1.807) is 0 Å². The molecule has 2 aromatic carbocycles. The quantitative estimate of drug-likeness (QED) is 0.811. The molecule has 3 aliphatic rings. The number of amides is 1. The maximum atomic E-state index is 12.3. The monoisotopic (exact) mass is 309 g/mol. The second-order valence-electron chi connectivity index (χ2n) is 6.01. The molecule has 1 amide bonds. The van der Waals surface area contributed by atoms with E-state index in [1.165, 1.54) is 5.56 Å². The van der Waals surface area contributed by atoms with E-state index < -0.39 is 0 Å². The van der Waals surface area contributed by atoms with Gasteiger partial charge in [-0.25, -0.2) is 4.79 Å². The lowest BCUT2D eigenvalue weighted by Crippen LogP contribution is -2.34. The van der Waals surface area contributed by atoms with Gasteiger partial charge in [0.2, 0.25) is 6.79 Å². The third-order valence-electron chi connectivity index (χ3n) is 4.79. The summed E-state index contributed by atoms with van der Waals surface area (Å²) in [4.78, 5) is 14.1. The van der Waals surface area contributed by atoms with E-state index in [-0.39, 0.29) is 25.0 Å². The molecule has 0 spiro atoms. The maximum absolute atomic E-state index is 12.3. The van der Waals surface area contributed by atoms with Crippen LogP contribution >= 0.6 is 0 Å². The minimum atomic E-state index is -0.289. The van der Waals surface area contributed by atoms with Crippen molar-refractivity contribution in [3.8, 4) is 11.5 Å². The van der Waals surface area contributed by atoms with Crippen LogP contribution in [0.25, 0.3) is 0 Å². The number of carbonyl (C=O) groups is 1. The van der Waals surface area contributed by atoms with E-state index in [4.69, 9.17) is 14.2 Å². The number of benzene rings is 2. The summed E-state index contributed by atoms with van der Waals surface area (Å²) >= 11 is 0. The molecule has 2 aromatic rings. The molecule has 23 heavy (non-hydrogen) atoms. The standard InChI is InChI=1S/C18H15NO4/c20-18-19-7-6-12-8-14-15(22-10-21-14)9-13(12)16(19)17(23-18)11-4-2-1-3-5-11/h1-5,8-9,16-17H,6-7,10H2/t16-,17-/m0/s1. The molecule has 3 aliphatic heterocycles. The van der Waals surface area contributed by atoms with Crippen LogP contribution in [-0.2, 0) is 11.2 Å². The lowest BCUT2D eigenvalue weighted by molar-refractivity contribution is 0.130. The topological polar surface area (TPSA) is 48.0 Å². The summed E-state index contributed by atoms with van der Waals surface area (Å²) in [5.74, 6) is 1.54. The first-order valence-electron chi connectivity index (χ1n) is 7.76. The Morgan fingerprint density at radius 2 is 1.83 bits per heavy atom. The molecular formula is C18H15NO4. The van der Waals surface area contributed by atoms with Crippen molar-refractivity contribution in [2.24, 2.45) is 0 Å². The third-order valence-corrected chi connectivity index (χ3v) is 4.79. The second-order valence-corrected chi connectivity index (χ2v) is 6.01. The van der Waals surface area contributed by atoms with Crippen LogP contribution in [0.1, 0.15) is 28.8 Å². The van der Waals surface area contributed by atoms with Gasteiger partial charge in [0.25, 0.3) is 0 Å². The van der Waals surface area contributed by atoms with E-state index in [2.05, 4.69) is 0 Å². The smallest absolute Gasteiger partial charge is 0.411 e. The number of ether oxygens (including phenoxy) is 3. The van der Waals surface area contributed by atoms with Gasteiger partial charge in [0, 0.05) is 6.54 Å². The van der Waals surface area contributed by atoms with Gasteiger partial charge in [-0.05, 0) is 35.2 Å². The highest BCUT2D eigenvalue weighted by molar-refractivity contribution is 5.73. The van der Waals surface area contributed by atoms with Crippen LogP contribution in [0, 0.1) is 0 Å².